The number of nitrogens with one attached hydrogen (secondary N) is 1. The lowest BCUT2D eigenvalue weighted by molar-refractivity contribution is -0.155. The van der Waals surface area contributed by atoms with Crippen LogP contribution in [-0.4, -0.2) is 42.9 Å². The number of hydrogen-bond donors (Lipinski definition) is 2. The lowest BCUT2D eigenvalue weighted by atomic mass is 10.0. The number of ether oxygens (including phenoxy) is 1. The zero-order valence-corrected chi connectivity index (χ0v) is 10.1. The van der Waals surface area contributed by atoms with Crippen molar-refractivity contribution in [2.45, 2.75) is 25.8 Å². The molecule has 0 spiro atoms. The summed E-state index contributed by atoms with van der Waals surface area (Å²) in [4.78, 5) is 36.1. The second-order valence-electron chi connectivity index (χ2n) is 4.17. The van der Waals surface area contributed by atoms with Crippen molar-refractivity contribution in [2.24, 2.45) is 11.3 Å². The molecular formula is C10H17N3O4. The topological polar surface area (TPSA) is 102 Å². The average Bonchev–Trinajstić information content (AvgIpc) is 3.15. The van der Waals surface area contributed by atoms with Crippen LogP contribution in [0.4, 0.5) is 0 Å². The van der Waals surface area contributed by atoms with Gasteiger partial charge in [-0.05, 0) is 19.8 Å². The Balaban J connectivity index is 2.77. The highest BCUT2D eigenvalue weighted by Crippen LogP contribution is 2.47. The Hall–Kier alpha value is -1.63. The smallest absolute Gasteiger partial charge is 0.328 e. The third kappa shape index (κ3) is 2.23. The van der Waals surface area contributed by atoms with Crippen LogP contribution in [0.5, 0.6) is 0 Å². The van der Waals surface area contributed by atoms with Crippen LogP contribution in [0.1, 0.15) is 19.8 Å². The Bertz CT molecular complexity index is 351. The fourth-order valence-electron chi connectivity index (χ4n) is 1.64. The van der Waals surface area contributed by atoms with Crippen molar-refractivity contribution in [3.63, 3.8) is 0 Å². The number of rotatable bonds is 4. The highest BCUT2D eigenvalue weighted by atomic mass is 16.5. The van der Waals surface area contributed by atoms with Gasteiger partial charge in [-0.2, -0.15) is 0 Å². The fourth-order valence-corrected chi connectivity index (χ4v) is 1.64. The lowest BCUT2D eigenvalue weighted by Gasteiger charge is -2.26. The summed E-state index contributed by atoms with van der Waals surface area (Å²) in [5.41, 5.74) is 0.892. The van der Waals surface area contributed by atoms with E-state index in [-0.39, 0.29) is 0 Å². The molecule has 1 saturated carbocycles. The largest absolute Gasteiger partial charge is 0.467 e. The third-order valence-corrected chi connectivity index (χ3v) is 3.17. The summed E-state index contributed by atoms with van der Waals surface area (Å²) in [6, 6.07) is -0.726. The van der Waals surface area contributed by atoms with Crippen LogP contribution in [0.15, 0.2) is 0 Å². The van der Waals surface area contributed by atoms with Crippen LogP contribution in [0.3, 0.4) is 0 Å². The number of hydrazine groups is 1. The van der Waals surface area contributed by atoms with E-state index in [9.17, 15) is 14.4 Å². The van der Waals surface area contributed by atoms with E-state index >= 15 is 0 Å². The maximum absolute atomic E-state index is 12.1. The Kier molecular flexibility index (Phi) is 3.72. The first-order valence-electron chi connectivity index (χ1n) is 5.27. The quantitative estimate of drug-likeness (QED) is 0.212. The number of methoxy groups -OCH3 is 1. The standard InChI is InChI=1S/C10H17N3O4/c1-6(7(14)17-3)13(2)9(16)10(4-5-10)8(15)12-11/h6H,4-5,11H2,1-3H3,(H,12,15)/t6-/m1/s1. The summed E-state index contributed by atoms with van der Waals surface area (Å²) in [6.07, 6.45) is 0.903. The number of nitrogens with zero attached hydrogens (tertiary/aromatic N) is 1. The molecule has 2 amide bonds. The first-order valence-corrected chi connectivity index (χ1v) is 5.27. The minimum absolute atomic E-state index is 0.404. The van der Waals surface area contributed by atoms with E-state index in [1.165, 1.54) is 19.1 Å². The molecule has 7 nitrogen and oxygen atoms in total. The van der Waals surface area contributed by atoms with Crippen molar-refractivity contribution in [1.29, 1.82) is 0 Å². The Morgan fingerprint density at radius 3 is 2.29 bits per heavy atom. The van der Waals surface area contributed by atoms with Crippen molar-refractivity contribution in [2.75, 3.05) is 14.2 Å². The van der Waals surface area contributed by atoms with E-state index in [0.717, 1.165) is 0 Å². The maximum Gasteiger partial charge on any atom is 0.328 e. The lowest BCUT2D eigenvalue weighted by Crippen LogP contribution is -2.50. The van der Waals surface area contributed by atoms with Crippen LogP contribution in [0.25, 0.3) is 0 Å². The predicted octanol–water partition coefficient (Wildman–Crippen LogP) is -1.22. The molecule has 0 unspecified atom stereocenters. The molecule has 1 aliphatic carbocycles. The molecule has 1 rings (SSSR count). The summed E-state index contributed by atoms with van der Waals surface area (Å²) in [7, 11) is 2.71. The van der Waals surface area contributed by atoms with Crippen molar-refractivity contribution < 1.29 is 19.1 Å². The van der Waals surface area contributed by atoms with Crippen molar-refractivity contribution in [1.82, 2.24) is 10.3 Å². The first-order chi connectivity index (χ1) is 7.90. The molecule has 7 heteroatoms. The SMILES string of the molecule is COC(=O)[C@@H](C)N(C)C(=O)C1(C(=O)NN)CC1. The summed E-state index contributed by atoms with van der Waals surface area (Å²) >= 11 is 0. The molecule has 0 aromatic heterocycles. The summed E-state index contributed by atoms with van der Waals surface area (Å²) in [5.74, 6) is 3.60. The van der Waals surface area contributed by atoms with Crippen LogP contribution >= 0.6 is 0 Å². The van der Waals surface area contributed by atoms with Gasteiger partial charge in [0.2, 0.25) is 11.8 Å². The summed E-state index contributed by atoms with van der Waals surface area (Å²) in [5, 5.41) is 0. The minimum Gasteiger partial charge on any atom is -0.467 e. The van der Waals surface area contributed by atoms with E-state index in [4.69, 9.17) is 5.84 Å². The molecule has 0 radical (unpaired) electrons. The Morgan fingerprint density at radius 1 is 1.41 bits per heavy atom. The van der Waals surface area contributed by atoms with Gasteiger partial charge in [0.05, 0.1) is 7.11 Å². The minimum atomic E-state index is -1.09. The zero-order chi connectivity index (χ0) is 13.2. The third-order valence-electron chi connectivity index (χ3n) is 3.17. The molecule has 0 saturated heterocycles. The molecule has 1 atom stereocenters. The highest BCUT2D eigenvalue weighted by Gasteiger charge is 2.58. The van der Waals surface area contributed by atoms with E-state index in [1.807, 2.05) is 5.43 Å². The number of likely N-dealkylation sites (N-methyl/N-ethyl adjacent to an activating group) is 1. The van der Waals surface area contributed by atoms with Crippen molar-refractivity contribution in [3.05, 3.63) is 0 Å². The Morgan fingerprint density at radius 2 is 1.94 bits per heavy atom. The molecule has 0 aromatic rings. The summed E-state index contributed by atoms with van der Waals surface area (Å²) in [6.45, 7) is 1.54. The number of hydrogen-bond acceptors (Lipinski definition) is 5. The molecule has 1 fully saturated rings. The average molecular weight is 243 g/mol. The van der Waals surface area contributed by atoms with Crippen molar-refractivity contribution >= 4 is 17.8 Å². The van der Waals surface area contributed by atoms with Gasteiger partial charge in [0.15, 0.2) is 0 Å². The molecule has 0 aromatic carbocycles. The van der Waals surface area contributed by atoms with E-state index < -0.39 is 29.2 Å². The number of carbonyl (C=O) groups excluding carboxylic acids is 3. The van der Waals surface area contributed by atoms with E-state index in [2.05, 4.69) is 4.74 Å². The molecule has 3 N–H and O–H groups in total. The number of nitrogens with two attached hydrogens (primary N) is 1. The molecule has 96 valence electrons. The van der Waals surface area contributed by atoms with Gasteiger partial charge in [0.1, 0.15) is 11.5 Å². The molecule has 0 aliphatic heterocycles. The van der Waals surface area contributed by atoms with Crippen LogP contribution < -0.4 is 11.3 Å². The van der Waals surface area contributed by atoms with Gasteiger partial charge in [-0.1, -0.05) is 0 Å². The number of esters is 1. The van der Waals surface area contributed by atoms with Gasteiger partial charge in [-0.3, -0.25) is 15.0 Å². The monoisotopic (exact) mass is 243 g/mol. The predicted molar refractivity (Wildman–Crippen MR) is 58.2 cm³/mol. The second kappa shape index (κ2) is 4.70. The number of amides is 2. The van der Waals surface area contributed by atoms with E-state index in [0.29, 0.717) is 12.8 Å². The van der Waals surface area contributed by atoms with Crippen LogP contribution in [0.2, 0.25) is 0 Å². The van der Waals surface area contributed by atoms with Gasteiger partial charge in [0, 0.05) is 7.05 Å². The fraction of sp³-hybridized carbons (Fsp3) is 0.700. The van der Waals surface area contributed by atoms with E-state index in [1.54, 1.807) is 6.92 Å². The molecule has 0 bridgehead atoms. The normalized spacial score (nSPS) is 17.9. The van der Waals surface area contributed by atoms with Gasteiger partial charge in [-0.25, -0.2) is 10.6 Å². The van der Waals surface area contributed by atoms with Crippen molar-refractivity contribution in [3.8, 4) is 0 Å². The van der Waals surface area contributed by atoms with Gasteiger partial charge < -0.3 is 9.64 Å². The molecule has 1 aliphatic rings. The maximum atomic E-state index is 12.1. The number of carbonyl (C=O) groups is 3. The van der Waals surface area contributed by atoms with Crippen LogP contribution in [0, 0.1) is 5.41 Å². The summed E-state index contributed by atoms with van der Waals surface area (Å²) < 4.78 is 4.55. The zero-order valence-electron chi connectivity index (χ0n) is 10.1. The first kappa shape index (κ1) is 13.4. The molecular weight excluding hydrogens is 226 g/mol. The second-order valence-corrected chi connectivity index (χ2v) is 4.17. The van der Waals surface area contributed by atoms with Gasteiger partial charge in [-0.15, -0.1) is 0 Å². The van der Waals surface area contributed by atoms with Gasteiger partial charge >= 0.3 is 5.97 Å². The van der Waals surface area contributed by atoms with Gasteiger partial charge in [0.25, 0.3) is 0 Å². The van der Waals surface area contributed by atoms with Crippen LogP contribution in [-0.2, 0) is 19.1 Å². The Labute approximate surface area is 99.2 Å². The molecule has 0 heterocycles. The molecule has 17 heavy (non-hydrogen) atoms. The highest BCUT2D eigenvalue weighted by molar-refractivity contribution is 6.08.